The molecule has 1 atom stereocenters. The largest absolute Gasteiger partial charge is 0.448 e. The standard InChI is InChI=1S/C20H26N2O3S/c1-12(2)22(13(3)4)19(23)14(5)25-20(24)18-17(21-15(6)26-18)16-10-8-7-9-11-16/h7-14H,1-6H3/t14-/m0/s1. The van der Waals surface area contributed by atoms with E-state index in [9.17, 15) is 9.59 Å². The van der Waals surface area contributed by atoms with Gasteiger partial charge in [-0.15, -0.1) is 11.3 Å². The zero-order valence-electron chi connectivity index (χ0n) is 16.1. The predicted octanol–water partition coefficient (Wildman–Crippen LogP) is 4.31. The van der Waals surface area contributed by atoms with Crippen molar-refractivity contribution in [2.24, 2.45) is 0 Å². The van der Waals surface area contributed by atoms with Crippen LogP contribution in [0.4, 0.5) is 0 Å². The number of nitrogens with zero attached hydrogens (tertiary/aromatic N) is 2. The Labute approximate surface area is 159 Å². The lowest BCUT2D eigenvalue weighted by atomic mass is 10.1. The molecule has 0 saturated carbocycles. The average Bonchev–Trinajstić information content (AvgIpc) is 2.97. The third-order valence-electron chi connectivity index (χ3n) is 3.97. The van der Waals surface area contributed by atoms with Gasteiger partial charge in [-0.1, -0.05) is 30.3 Å². The molecule has 1 aromatic heterocycles. The predicted molar refractivity (Wildman–Crippen MR) is 104 cm³/mol. The first-order chi connectivity index (χ1) is 12.2. The van der Waals surface area contributed by atoms with E-state index in [2.05, 4.69) is 4.98 Å². The van der Waals surface area contributed by atoms with Gasteiger partial charge in [0.05, 0.1) is 10.7 Å². The molecule has 2 aromatic rings. The van der Waals surface area contributed by atoms with Gasteiger partial charge in [0, 0.05) is 17.6 Å². The number of aromatic nitrogens is 1. The van der Waals surface area contributed by atoms with Gasteiger partial charge in [0.25, 0.3) is 5.91 Å². The van der Waals surface area contributed by atoms with Gasteiger partial charge < -0.3 is 9.64 Å². The number of amides is 1. The number of carbonyl (C=O) groups is 2. The number of aryl methyl sites for hydroxylation is 1. The number of esters is 1. The smallest absolute Gasteiger partial charge is 0.351 e. The summed E-state index contributed by atoms with van der Waals surface area (Å²) in [6.45, 7) is 11.3. The monoisotopic (exact) mass is 374 g/mol. The first-order valence-corrected chi connectivity index (χ1v) is 9.60. The van der Waals surface area contributed by atoms with Crippen molar-refractivity contribution in [2.45, 2.75) is 59.7 Å². The van der Waals surface area contributed by atoms with Crippen molar-refractivity contribution in [3.05, 3.63) is 40.2 Å². The summed E-state index contributed by atoms with van der Waals surface area (Å²) in [5.41, 5.74) is 1.45. The van der Waals surface area contributed by atoms with Crippen LogP contribution in [-0.2, 0) is 9.53 Å². The first kappa shape index (κ1) is 20.1. The van der Waals surface area contributed by atoms with Crippen LogP contribution in [0.2, 0.25) is 0 Å². The van der Waals surface area contributed by atoms with E-state index in [0.717, 1.165) is 10.6 Å². The summed E-state index contributed by atoms with van der Waals surface area (Å²) in [4.78, 5) is 32.0. The highest BCUT2D eigenvalue weighted by Gasteiger charge is 2.29. The van der Waals surface area contributed by atoms with Crippen molar-refractivity contribution >= 4 is 23.2 Å². The number of ether oxygens (including phenoxy) is 1. The second-order valence-electron chi connectivity index (χ2n) is 6.76. The van der Waals surface area contributed by atoms with E-state index in [1.807, 2.05) is 65.0 Å². The Morgan fingerprint density at radius 2 is 1.62 bits per heavy atom. The minimum Gasteiger partial charge on any atom is -0.448 e. The van der Waals surface area contributed by atoms with Crippen LogP contribution in [0.1, 0.15) is 49.3 Å². The highest BCUT2D eigenvalue weighted by molar-refractivity contribution is 7.14. The van der Waals surface area contributed by atoms with Crippen molar-refractivity contribution < 1.29 is 14.3 Å². The summed E-state index contributed by atoms with van der Waals surface area (Å²) in [6.07, 6.45) is -0.849. The number of rotatable bonds is 6. The topological polar surface area (TPSA) is 59.5 Å². The maximum absolute atomic E-state index is 12.7. The van der Waals surface area contributed by atoms with E-state index >= 15 is 0 Å². The maximum atomic E-state index is 12.7. The van der Waals surface area contributed by atoms with Crippen LogP contribution in [0.5, 0.6) is 0 Å². The number of hydrogen-bond acceptors (Lipinski definition) is 5. The van der Waals surface area contributed by atoms with Crippen molar-refractivity contribution in [3.8, 4) is 11.3 Å². The Bertz CT molecular complexity index is 761. The summed E-state index contributed by atoms with van der Waals surface area (Å²) in [7, 11) is 0. The molecule has 140 valence electrons. The summed E-state index contributed by atoms with van der Waals surface area (Å²) in [5.74, 6) is -0.700. The Hall–Kier alpha value is -2.21. The van der Waals surface area contributed by atoms with E-state index in [1.54, 1.807) is 11.8 Å². The van der Waals surface area contributed by atoms with Crippen LogP contribution in [0.15, 0.2) is 30.3 Å². The first-order valence-electron chi connectivity index (χ1n) is 8.78. The fourth-order valence-corrected chi connectivity index (χ4v) is 3.76. The van der Waals surface area contributed by atoms with Gasteiger partial charge in [-0.05, 0) is 41.5 Å². The Kier molecular flexibility index (Phi) is 6.53. The van der Waals surface area contributed by atoms with Gasteiger partial charge in [-0.25, -0.2) is 9.78 Å². The van der Waals surface area contributed by atoms with Gasteiger partial charge in [-0.3, -0.25) is 4.79 Å². The van der Waals surface area contributed by atoms with Gasteiger partial charge in [0.1, 0.15) is 4.88 Å². The normalized spacial score (nSPS) is 12.3. The molecule has 2 rings (SSSR count). The molecule has 0 unspecified atom stereocenters. The number of carbonyl (C=O) groups excluding carboxylic acids is 2. The Morgan fingerprint density at radius 1 is 1.04 bits per heavy atom. The van der Waals surface area contributed by atoms with Crippen molar-refractivity contribution in [2.75, 3.05) is 0 Å². The van der Waals surface area contributed by atoms with Crippen molar-refractivity contribution in [3.63, 3.8) is 0 Å². The fourth-order valence-electron chi connectivity index (χ4n) is 2.94. The van der Waals surface area contributed by atoms with Crippen LogP contribution in [0.3, 0.4) is 0 Å². The van der Waals surface area contributed by atoms with E-state index in [0.29, 0.717) is 10.6 Å². The highest BCUT2D eigenvalue weighted by atomic mass is 32.1. The third kappa shape index (κ3) is 4.49. The lowest BCUT2D eigenvalue weighted by molar-refractivity contribution is -0.143. The zero-order valence-corrected chi connectivity index (χ0v) is 17.0. The quantitative estimate of drug-likeness (QED) is 0.707. The molecule has 0 fully saturated rings. The summed E-state index contributed by atoms with van der Waals surface area (Å²) < 4.78 is 5.50. The van der Waals surface area contributed by atoms with Crippen LogP contribution >= 0.6 is 11.3 Å². The molecular weight excluding hydrogens is 348 g/mol. The number of benzene rings is 1. The molecule has 5 nitrogen and oxygen atoms in total. The fraction of sp³-hybridized carbons (Fsp3) is 0.450. The molecule has 0 spiro atoms. The number of hydrogen-bond donors (Lipinski definition) is 0. The molecule has 1 aromatic carbocycles. The minimum atomic E-state index is -0.849. The van der Waals surface area contributed by atoms with Gasteiger partial charge >= 0.3 is 5.97 Å². The minimum absolute atomic E-state index is 0.0363. The van der Waals surface area contributed by atoms with Crippen molar-refractivity contribution in [1.82, 2.24) is 9.88 Å². The van der Waals surface area contributed by atoms with Gasteiger partial charge in [0.15, 0.2) is 6.10 Å². The molecule has 0 radical (unpaired) electrons. The SMILES string of the molecule is Cc1nc(-c2ccccc2)c(C(=O)O[C@@H](C)C(=O)N(C(C)C)C(C)C)s1. The van der Waals surface area contributed by atoms with Crippen LogP contribution in [-0.4, -0.2) is 39.9 Å². The molecule has 0 saturated heterocycles. The molecule has 0 aliphatic rings. The van der Waals surface area contributed by atoms with Crippen LogP contribution in [0, 0.1) is 6.92 Å². The van der Waals surface area contributed by atoms with E-state index in [-0.39, 0.29) is 18.0 Å². The molecule has 1 amide bonds. The van der Waals surface area contributed by atoms with Crippen molar-refractivity contribution in [1.29, 1.82) is 0 Å². The molecule has 0 N–H and O–H groups in total. The van der Waals surface area contributed by atoms with E-state index in [1.165, 1.54) is 11.3 Å². The number of thiazole rings is 1. The lowest BCUT2D eigenvalue weighted by Crippen LogP contribution is -2.47. The van der Waals surface area contributed by atoms with E-state index < -0.39 is 12.1 Å². The van der Waals surface area contributed by atoms with Gasteiger partial charge in [0.2, 0.25) is 0 Å². The highest BCUT2D eigenvalue weighted by Crippen LogP contribution is 2.29. The summed E-state index contributed by atoms with van der Waals surface area (Å²) in [6, 6.07) is 9.58. The van der Waals surface area contributed by atoms with E-state index in [4.69, 9.17) is 4.74 Å². The molecule has 0 aliphatic heterocycles. The maximum Gasteiger partial charge on any atom is 0.351 e. The van der Waals surface area contributed by atoms with Crippen LogP contribution < -0.4 is 0 Å². The summed E-state index contributed by atoms with van der Waals surface area (Å²) in [5, 5.41) is 0.778. The van der Waals surface area contributed by atoms with Crippen LogP contribution in [0.25, 0.3) is 11.3 Å². The molecule has 6 heteroatoms. The second-order valence-corrected chi connectivity index (χ2v) is 7.96. The Morgan fingerprint density at radius 3 is 2.15 bits per heavy atom. The summed E-state index contributed by atoms with van der Waals surface area (Å²) >= 11 is 1.28. The molecule has 1 heterocycles. The Balaban J connectivity index is 2.22. The average molecular weight is 375 g/mol. The molecular formula is C20H26N2O3S. The molecule has 26 heavy (non-hydrogen) atoms. The van der Waals surface area contributed by atoms with Gasteiger partial charge in [-0.2, -0.15) is 0 Å². The molecule has 0 aliphatic carbocycles. The zero-order chi connectivity index (χ0) is 19.4. The second kappa shape index (κ2) is 8.45. The lowest BCUT2D eigenvalue weighted by Gasteiger charge is -2.32. The third-order valence-corrected chi connectivity index (χ3v) is 4.92. The molecule has 0 bridgehead atoms.